The summed E-state index contributed by atoms with van der Waals surface area (Å²) in [5.41, 5.74) is 13.2. The number of rotatable bonds is 4. The van der Waals surface area contributed by atoms with Crippen molar-refractivity contribution in [3.05, 3.63) is 175 Å². The first-order chi connectivity index (χ1) is 24.5. The van der Waals surface area contributed by atoms with E-state index in [2.05, 4.69) is 108 Å². The molecular formula is C46H33IrN3O-2. The Balaban J connectivity index is 0.000000245. The Bertz CT molecular complexity index is 2610. The molecule has 0 saturated heterocycles. The normalized spacial score (nSPS) is 10.9. The molecule has 0 spiro atoms. The zero-order valence-electron chi connectivity index (χ0n) is 28.4. The fourth-order valence-corrected chi connectivity index (χ4v) is 6.35. The van der Waals surface area contributed by atoms with Crippen molar-refractivity contribution in [2.24, 2.45) is 0 Å². The van der Waals surface area contributed by atoms with Gasteiger partial charge in [-0.2, -0.15) is 0 Å². The Morgan fingerprint density at radius 1 is 0.588 bits per heavy atom. The van der Waals surface area contributed by atoms with E-state index in [1.165, 1.54) is 38.6 Å². The van der Waals surface area contributed by atoms with Crippen molar-refractivity contribution in [1.29, 1.82) is 0 Å². The molecule has 0 amide bonds. The van der Waals surface area contributed by atoms with Gasteiger partial charge >= 0.3 is 0 Å². The minimum Gasteiger partial charge on any atom is -0.486 e. The first-order valence-corrected chi connectivity index (χ1v) is 16.7. The van der Waals surface area contributed by atoms with Crippen LogP contribution in [-0.4, -0.2) is 15.0 Å². The van der Waals surface area contributed by atoms with Crippen molar-refractivity contribution in [2.75, 3.05) is 0 Å². The van der Waals surface area contributed by atoms with Gasteiger partial charge in [0.2, 0.25) is 5.71 Å². The van der Waals surface area contributed by atoms with Gasteiger partial charge in [-0.3, -0.25) is 0 Å². The van der Waals surface area contributed by atoms with Gasteiger partial charge in [0.25, 0.3) is 0 Å². The Labute approximate surface area is 311 Å². The molecular weight excluding hydrogens is 803 g/mol. The van der Waals surface area contributed by atoms with Crippen molar-refractivity contribution >= 4 is 32.8 Å². The maximum atomic E-state index is 6.21. The van der Waals surface area contributed by atoms with Crippen LogP contribution in [0, 0.1) is 32.9 Å². The molecule has 4 nitrogen and oxygen atoms in total. The molecule has 5 heteroatoms. The van der Waals surface area contributed by atoms with Crippen LogP contribution in [0.25, 0.3) is 77.6 Å². The van der Waals surface area contributed by atoms with Crippen LogP contribution >= 0.6 is 0 Å². The standard InChI is InChI=1S/C34H23N2O.C12H10N.Ir/c1-21-17-27-18-24(23-7-4-3-5-8-23)12-13-25(27)19-31(21)26-15-16-35-32(20-26)30-10-6-9-28-29-14-11-22(2)36-34(29)37-33(28)30;1-10-7-8-12(13-9-10)11-5-3-2-4-6-11;/h3-9,11-20H,1-2H3;2-5,7-9H,1H3;/q2*-1;. The number of aromatic nitrogens is 3. The van der Waals surface area contributed by atoms with Gasteiger partial charge in [0.1, 0.15) is 0 Å². The van der Waals surface area contributed by atoms with Crippen molar-refractivity contribution in [1.82, 2.24) is 15.0 Å². The van der Waals surface area contributed by atoms with Crippen LogP contribution in [0.2, 0.25) is 0 Å². The van der Waals surface area contributed by atoms with E-state index in [1.54, 1.807) is 0 Å². The SMILES string of the molecule is Cc1ccc(-c2[c-]cccc2)nc1.Cc1ccc2c(n1)oc1c(-c3cc(-c4cc5ccc(-c6ccccc6)cc5cc4C)ccn3)[c-]ccc12.[Ir]. The smallest absolute Gasteiger partial charge is 0.216 e. The van der Waals surface area contributed by atoms with Gasteiger partial charge in [-0.15, -0.1) is 54.1 Å². The molecule has 0 aliphatic carbocycles. The topological polar surface area (TPSA) is 51.8 Å². The maximum absolute atomic E-state index is 6.21. The minimum absolute atomic E-state index is 0. The molecule has 51 heavy (non-hydrogen) atoms. The molecule has 0 aliphatic rings. The van der Waals surface area contributed by atoms with Crippen LogP contribution in [-0.2, 0) is 20.1 Å². The Hall–Kier alpha value is -5.74. The van der Waals surface area contributed by atoms with Crippen molar-refractivity contribution in [2.45, 2.75) is 20.8 Å². The Morgan fingerprint density at radius 2 is 1.45 bits per heavy atom. The van der Waals surface area contributed by atoms with Crippen molar-refractivity contribution < 1.29 is 24.5 Å². The summed E-state index contributed by atoms with van der Waals surface area (Å²) in [7, 11) is 0. The van der Waals surface area contributed by atoms with E-state index in [0.29, 0.717) is 5.71 Å². The third kappa shape index (κ3) is 7.00. The fraction of sp³-hybridized carbons (Fsp3) is 0.0652. The van der Waals surface area contributed by atoms with E-state index in [4.69, 9.17) is 9.40 Å². The quantitative estimate of drug-likeness (QED) is 0.166. The van der Waals surface area contributed by atoms with Gasteiger partial charge in [-0.05, 0) is 107 Å². The van der Waals surface area contributed by atoms with Crippen LogP contribution in [0.1, 0.15) is 16.8 Å². The summed E-state index contributed by atoms with van der Waals surface area (Å²) in [4.78, 5) is 13.6. The molecule has 0 bridgehead atoms. The average Bonchev–Trinajstić information content (AvgIpc) is 3.53. The number of pyridine rings is 3. The second kappa shape index (κ2) is 14.6. The third-order valence-electron chi connectivity index (χ3n) is 8.95. The number of benzene rings is 5. The van der Waals surface area contributed by atoms with Crippen LogP contribution in [0.15, 0.2) is 150 Å². The molecule has 0 fully saturated rings. The summed E-state index contributed by atoms with van der Waals surface area (Å²) in [6.45, 7) is 6.18. The summed E-state index contributed by atoms with van der Waals surface area (Å²) >= 11 is 0. The summed E-state index contributed by atoms with van der Waals surface area (Å²) in [6, 6.07) is 52.4. The van der Waals surface area contributed by atoms with E-state index >= 15 is 0 Å². The molecule has 1 radical (unpaired) electrons. The number of nitrogens with zero attached hydrogens (tertiary/aromatic N) is 3. The number of aryl methyl sites for hydroxylation is 3. The largest absolute Gasteiger partial charge is 0.486 e. The van der Waals surface area contributed by atoms with Gasteiger partial charge in [0.05, 0.1) is 5.58 Å². The first-order valence-electron chi connectivity index (χ1n) is 16.7. The second-order valence-electron chi connectivity index (χ2n) is 12.5. The van der Waals surface area contributed by atoms with Crippen LogP contribution in [0.4, 0.5) is 0 Å². The zero-order valence-corrected chi connectivity index (χ0v) is 30.8. The summed E-state index contributed by atoms with van der Waals surface area (Å²) in [5, 5.41) is 4.48. The number of hydrogen-bond donors (Lipinski definition) is 0. The van der Waals surface area contributed by atoms with E-state index < -0.39 is 0 Å². The molecule has 0 aliphatic heterocycles. The molecule has 0 atom stereocenters. The summed E-state index contributed by atoms with van der Waals surface area (Å²) in [6.07, 6.45) is 3.74. The van der Waals surface area contributed by atoms with Crippen LogP contribution < -0.4 is 0 Å². The predicted octanol–water partition coefficient (Wildman–Crippen LogP) is 11.8. The molecule has 9 rings (SSSR count). The number of hydrogen-bond acceptors (Lipinski definition) is 4. The molecule has 4 heterocycles. The third-order valence-corrected chi connectivity index (χ3v) is 8.95. The average molecular weight is 836 g/mol. The molecule has 0 saturated carbocycles. The summed E-state index contributed by atoms with van der Waals surface area (Å²) in [5.74, 6) is 0. The zero-order chi connectivity index (χ0) is 34.0. The van der Waals surface area contributed by atoms with Crippen LogP contribution in [0.3, 0.4) is 0 Å². The van der Waals surface area contributed by atoms with Gasteiger partial charge in [-0.25, -0.2) is 4.98 Å². The van der Waals surface area contributed by atoms with E-state index in [-0.39, 0.29) is 20.1 Å². The Morgan fingerprint density at radius 3 is 2.25 bits per heavy atom. The first kappa shape index (κ1) is 33.7. The van der Waals surface area contributed by atoms with Crippen molar-refractivity contribution in [3.8, 4) is 44.8 Å². The van der Waals surface area contributed by atoms with Gasteiger partial charge in [0, 0.05) is 43.6 Å². The van der Waals surface area contributed by atoms with Crippen LogP contribution in [0.5, 0.6) is 0 Å². The second-order valence-corrected chi connectivity index (χ2v) is 12.5. The van der Waals surface area contributed by atoms with E-state index in [0.717, 1.165) is 50.1 Å². The number of fused-ring (bicyclic) bond motifs is 4. The minimum atomic E-state index is 0. The molecule has 0 unspecified atom stereocenters. The predicted molar refractivity (Wildman–Crippen MR) is 205 cm³/mol. The molecule has 4 aromatic heterocycles. The Kier molecular flexibility index (Phi) is 9.67. The number of furan rings is 1. The van der Waals surface area contributed by atoms with E-state index in [1.807, 2.05) is 80.8 Å². The van der Waals surface area contributed by atoms with Gasteiger partial charge in [-0.1, -0.05) is 77.7 Å². The molecule has 9 aromatic rings. The van der Waals surface area contributed by atoms with E-state index in [9.17, 15) is 0 Å². The molecule has 0 N–H and O–H groups in total. The van der Waals surface area contributed by atoms with Gasteiger partial charge < -0.3 is 14.4 Å². The van der Waals surface area contributed by atoms with Crippen molar-refractivity contribution in [3.63, 3.8) is 0 Å². The fourth-order valence-electron chi connectivity index (χ4n) is 6.35. The maximum Gasteiger partial charge on any atom is 0.216 e. The molecule has 249 valence electrons. The molecule has 5 aromatic carbocycles. The van der Waals surface area contributed by atoms with Gasteiger partial charge in [0.15, 0.2) is 0 Å². The summed E-state index contributed by atoms with van der Waals surface area (Å²) < 4.78 is 6.21. The monoisotopic (exact) mass is 836 g/mol.